The first kappa shape index (κ1) is 24.8. The van der Waals surface area contributed by atoms with Crippen LogP contribution in [0.2, 0.25) is 0 Å². The summed E-state index contributed by atoms with van der Waals surface area (Å²) in [7, 11) is 0. The first-order chi connectivity index (χ1) is 17.3. The van der Waals surface area contributed by atoms with Crippen molar-refractivity contribution in [3.63, 3.8) is 0 Å². The van der Waals surface area contributed by atoms with Gasteiger partial charge in [0, 0.05) is 10.6 Å². The van der Waals surface area contributed by atoms with Gasteiger partial charge in [-0.2, -0.15) is 5.26 Å². The van der Waals surface area contributed by atoms with Gasteiger partial charge in [-0.15, -0.1) is 0 Å². The Hall–Kier alpha value is -2.90. The van der Waals surface area contributed by atoms with Crippen LogP contribution in [-0.4, -0.2) is 23.9 Å². The minimum atomic E-state index is -1.58. The van der Waals surface area contributed by atoms with Gasteiger partial charge in [-0.25, -0.2) is 4.39 Å². The molecule has 1 amide bonds. The molecule has 0 bridgehead atoms. The van der Waals surface area contributed by atoms with Crippen molar-refractivity contribution in [2.75, 3.05) is 13.1 Å². The molecule has 1 atom stereocenters. The van der Waals surface area contributed by atoms with Crippen LogP contribution in [0.3, 0.4) is 0 Å². The zero-order chi connectivity index (χ0) is 25.4. The molecular weight excluding hydrogens is 471 g/mol. The van der Waals surface area contributed by atoms with Gasteiger partial charge >= 0.3 is 0 Å². The van der Waals surface area contributed by atoms with Crippen molar-refractivity contribution in [2.24, 2.45) is 11.8 Å². The lowest BCUT2D eigenvalue weighted by molar-refractivity contribution is -0.0231. The van der Waals surface area contributed by atoms with E-state index < -0.39 is 5.67 Å². The lowest BCUT2D eigenvalue weighted by atomic mass is 9.86. The number of carbonyl (C=O) groups is 1. The summed E-state index contributed by atoms with van der Waals surface area (Å²) in [6.45, 7) is 4.27. The molecule has 0 N–H and O–H groups in total. The standard InChI is InChI=1S/C31H32ClFN2O/c1-20-6-11-25(30(36)35-18-31(33,19-35)26-14-8-22(17-34)9-15-26)16-28(20)27-5-3-4-23(24-12-13-24)10-7-21(2)29(27)32/h6,8-11,14-16,21,24H,3-5,7,12-13,18-19H2,1-2H3. The van der Waals surface area contributed by atoms with E-state index in [-0.39, 0.29) is 24.9 Å². The molecule has 0 aromatic heterocycles. The van der Waals surface area contributed by atoms with Crippen LogP contribution in [0.15, 0.2) is 59.1 Å². The zero-order valence-electron chi connectivity index (χ0n) is 21.0. The monoisotopic (exact) mass is 502 g/mol. The van der Waals surface area contributed by atoms with Gasteiger partial charge in [0.25, 0.3) is 5.91 Å². The number of rotatable bonds is 4. The first-order valence-corrected chi connectivity index (χ1v) is 13.3. The molecule has 186 valence electrons. The van der Waals surface area contributed by atoms with Gasteiger partial charge in [0.05, 0.1) is 24.7 Å². The highest BCUT2D eigenvalue weighted by atomic mass is 35.5. The Morgan fingerprint density at radius 2 is 1.86 bits per heavy atom. The maximum atomic E-state index is 15.4. The Balaban J connectivity index is 1.34. The van der Waals surface area contributed by atoms with Crippen LogP contribution < -0.4 is 0 Å². The number of benzene rings is 2. The molecule has 5 rings (SSSR count). The van der Waals surface area contributed by atoms with Crippen LogP contribution in [0.4, 0.5) is 4.39 Å². The predicted octanol–water partition coefficient (Wildman–Crippen LogP) is 7.68. The Labute approximate surface area is 218 Å². The van der Waals surface area contributed by atoms with Gasteiger partial charge in [-0.1, -0.05) is 48.4 Å². The maximum Gasteiger partial charge on any atom is 0.254 e. The first-order valence-electron chi connectivity index (χ1n) is 13.0. The zero-order valence-corrected chi connectivity index (χ0v) is 21.7. The Bertz CT molecular complexity index is 1280. The van der Waals surface area contributed by atoms with Crippen LogP contribution in [0.5, 0.6) is 0 Å². The lowest BCUT2D eigenvalue weighted by Crippen LogP contribution is -2.58. The third kappa shape index (κ3) is 4.87. The summed E-state index contributed by atoms with van der Waals surface area (Å²) >= 11 is 6.98. The molecule has 0 radical (unpaired) electrons. The molecular formula is C31H32ClFN2O. The molecule has 2 fully saturated rings. The molecule has 1 saturated heterocycles. The second-order valence-electron chi connectivity index (χ2n) is 10.7. The smallest absolute Gasteiger partial charge is 0.254 e. The van der Waals surface area contributed by atoms with Gasteiger partial charge in [-0.05, 0) is 104 Å². The Morgan fingerprint density at radius 3 is 2.53 bits per heavy atom. The minimum absolute atomic E-state index is 0.0110. The average molecular weight is 503 g/mol. The number of alkyl halides is 1. The SMILES string of the molecule is Cc1ccc(C(=O)N2CC(F)(c3ccc(C#N)cc3)C2)cc1C1=C(Cl)C(C)CC=C(C2CC2)CCC1. The Morgan fingerprint density at radius 1 is 1.14 bits per heavy atom. The van der Waals surface area contributed by atoms with Crippen LogP contribution in [-0.2, 0) is 5.67 Å². The van der Waals surface area contributed by atoms with Gasteiger partial charge in [0.2, 0.25) is 0 Å². The summed E-state index contributed by atoms with van der Waals surface area (Å²) in [4.78, 5) is 14.9. The van der Waals surface area contributed by atoms with E-state index in [0.717, 1.165) is 53.3 Å². The van der Waals surface area contributed by atoms with E-state index in [0.29, 0.717) is 16.7 Å². The minimum Gasteiger partial charge on any atom is -0.331 e. The van der Waals surface area contributed by atoms with Crippen LogP contribution in [0, 0.1) is 30.1 Å². The number of carbonyl (C=O) groups excluding carboxylic acids is 1. The fourth-order valence-electron chi connectivity index (χ4n) is 5.50. The number of hydrogen-bond acceptors (Lipinski definition) is 2. The molecule has 2 aromatic rings. The van der Waals surface area contributed by atoms with Gasteiger partial charge in [-0.3, -0.25) is 4.79 Å². The highest BCUT2D eigenvalue weighted by Crippen LogP contribution is 2.43. The normalized spacial score (nSPS) is 22.0. The number of nitrogens with zero attached hydrogens (tertiary/aromatic N) is 2. The third-order valence-electron chi connectivity index (χ3n) is 7.96. The molecule has 36 heavy (non-hydrogen) atoms. The van der Waals surface area contributed by atoms with Gasteiger partial charge in [0.1, 0.15) is 0 Å². The third-order valence-corrected chi connectivity index (χ3v) is 8.56. The highest BCUT2D eigenvalue weighted by molar-refractivity contribution is 6.33. The van der Waals surface area contributed by atoms with E-state index in [1.54, 1.807) is 34.7 Å². The number of amides is 1. The molecule has 1 heterocycles. The lowest BCUT2D eigenvalue weighted by Gasteiger charge is -2.44. The van der Waals surface area contributed by atoms with Crippen molar-refractivity contribution in [1.82, 2.24) is 4.90 Å². The van der Waals surface area contributed by atoms with Crippen molar-refractivity contribution in [1.29, 1.82) is 5.26 Å². The summed E-state index contributed by atoms with van der Waals surface area (Å²) in [6.07, 6.45) is 9.07. The molecule has 1 aliphatic heterocycles. The molecule has 1 unspecified atom stereocenters. The molecule has 3 nitrogen and oxygen atoms in total. The summed E-state index contributed by atoms with van der Waals surface area (Å²) in [6, 6.07) is 14.3. The van der Waals surface area contributed by atoms with Crippen LogP contribution >= 0.6 is 11.6 Å². The second-order valence-corrected chi connectivity index (χ2v) is 11.1. The van der Waals surface area contributed by atoms with Crippen molar-refractivity contribution in [2.45, 2.75) is 58.0 Å². The van der Waals surface area contributed by atoms with E-state index in [2.05, 4.69) is 26.0 Å². The fourth-order valence-corrected chi connectivity index (χ4v) is 5.78. The molecule has 1 saturated carbocycles. The highest BCUT2D eigenvalue weighted by Gasteiger charge is 2.47. The van der Waals surface area contributed by atoms with Crippen LogP contribution in [0.1, 0.15) is 78.1 Å². The van der Waals surface area contributed by atoms with Gasteiger partial charge in [0.15, 0.2) is 5.67 Å². The second kappa shape index (κ2) is 9.87. The van der Waals surface area contributed by atoms with E-state index >= 15 is 4.39 Å². The van der Waals surface area contributed by atoms with Crippen molar-refractivity contribution >= 4 is 23.1 Å². The molecule has 3 aliphatic rings. The average Bonchev–Trinajstić information content (AvgIpc) is 3.71. The topological polar surface area (TPSA) is 44.1 Å². The maximum absolute atomic E-state index is 15.4. The van der Waals surface area contributed by atoms with Crippen LogP contribution in [0.25, 0.3) is 5.57 Å². The Kier molecular flexibility index (Phi) is 6.79. The van der Waals surface area contributed by atoms with E-state index in [4.69, 9.17) is 16.9 Å². The quantitative estimate of drug-likeness (QED) is 0.402. The van der Waals surface area contributed by atoms with Crippen molar-refractivity contribution in [3.05, 3.63) is 87.0 Å². The molecule has 2 aromatic carbocycles. The number of allylic oxidation sites excluding steroid dienone is 4. The van der Waals surface area contributed by atoms with Crippen molar-refractivity contribution in [3.8, 4) is 6.07 Å². The van der Waals surface area contributed by atoms with E-state index in [9.17, 15) is 4.79 Å². The molecule has 0 spiro atoms. The number of nitriles is 1. The summed E-state index contributed by atoms with van der Waals surface area (Å²) in [5, 5.41) is 9.87. The van der Waals surface area contributed by atoms with E-state index in [1.165, 1.54) is 12.8 Å². The number of aryl methyl sites for hydroxylation is 1. The number of hydrogen-bond donors (Lipinski definition) is 0. The summed E-state index contributed by atoms with van der Waals surface area (Å²) in [5.41, 5.74) is 4.86. The molecule has 5 heteroatoms. The molecule has 2 aliphatic carbocycles. The van der Waals surface area contributed by atoms with Gasteiger partial charge < -0.3 is 4.90 Å². The largest absolute Gasteiger partial charge is 0.331 e. The number of likely N-dealkylation sites (tertiary alicyclic amines) is 1. The predicted molar refractivity (Wildman–Crippen MR) is 142 cm³/mol. The van der Waals surface area contributed by atoms with E-state index in [1.807, 2.05) is 18.2 Å². The summed E-state index contributed by atoms with van der Waals surface area (Å²) < 4.78 is 15.4. The van der Waals surface area contributed by atoms with Crippen molar-refractivity contribution < 1.29 is 9.18 Å². The number of halogens is 2. The fraction of sp³-hybridized carbons (Fsp3) is 0.419. The summed E-state index contributed by atoms with van der Waals surface area (Å²) in [5.74, 6) is 0.856.